The molecule has 248 valence electrons. The number of thiophene rings is 2. The Morgan fingerprint density at radius 1 is 1.07 bits per heavy atom. The highest BCUT2D eigenvalue weighted by Gasteiger charge is 2.33. The number of nitrogens with zero attached hydrogens (tertiary/aromatic N) is 2. The van der Waals surface area contributed by atoms with E-state index in [1.807, 2.05) is 13.8 Å². The predicted octanol–water partition coefficient (Wildman–Crippen LogP) is 4.73. The highest BCUT2D eigenvalue weighted by molar-refractivity contribution is 7.94. The summed E-state index contributed by atoms with van der Waals surface area (Å²) in [7, 11) is -6.08. The molecule has 2 N–H and O–H groups in total. The molecule has 0 saturated heterocycles. The van der Waals surface area contributed by atoms with Crippen molar-refractivity contribution in [2.45, 2.75) is 66.7 Å². The molecular formula is C30H41N3O8S4. The van der Waals surface area contributed by atoms with Gasteiger partial charge in [0, 0.05) is 38.3 Å². The van der Waals surface area contributed by atoms with Crippen molar-refractivity contribution in [2.75, 3.05) is 38.1 Å². The molecule has 3 aromatic rings. The van der Waals surface area contributed by atoms with Crippen LogP contribution in [-0.2, 0) is 24.8 Å². The first-order valence-corrected chi connectivity index (χ1v) is 19.4. The van der Waals surface area contributed by atoms with Crippen LogP contribution in [0.4, 0.5) is 5.69 Å². The topological polar surface area (TPSA) is 143 Å². The lowest BCUT2D eigenvalue weighted by molar-refractivity contribution is -0.00832. The Balaban J connectivity index is 1.67. The van der Waals surface area contributed by atoms with Crippen LogP contribution < -0.4 is 9.46 Å². The molecule has 1 amide bonds. The van der Waals surface area contributed by atoms with Crippen LogP contribution in [0.1, 0.15) is 50.4 Å². The van der Waals surface area contributed by atoms with E-state index in [-0.39, 0.29) is 51.4 Å². The molecule has 0 radical (unpaired) electrons. The first-order valence-electron chi connectivity index (χ1n) is 14.7. The Morgan fingerprint density at radius 2 is 1.76 bits per heavy atom. The SMILES string of the molecule is C[C@@H]1CN([C@@H](C)CO)C(=O)c2cc(NS(=O)(=O)c3cccs3)ccc2O[C@@H](C)CCCCO[C@H]1CN(C)S(=O)(=O)c1cccs1. The standard InChI is InChI=1S/C30H41N3O8S4/c1-21-18-33(22(2)20-34)30(35)25-17-24(31-44(36,37)28-10-7-15-42-28)12-13-26(25)41-23(3)9-5-6-14-40-27(21)19-32(4)45(38,39)29-11-8-16-43-29/h7-8,10-13,15-17,21-23,27,31,34H,5-6,9,14,18-20H2,1-4H3/t21-,22+,23+,27+/m1/s1. The lowest BCUT2D eigenvalue weighted by Crippen LogP contribution is -2.48. The summed E-state index contributed by atoms with van der Waals surface area (Å²) in [6.45, 7) is 5.79. The number of amides is 1. The number of rotatable bonds is 9. The number of aliphatic hydroxyl groups is 1. The number of carbonyl (C=O) groups is 1. The molecule has 15 heteroatoms. The van der Waals surface area contributed by atoms with Gasteiger partial charge in [-0.3, -0.25) is 9.52 Å². The minimum atomic E-state index is -3.87. The Morgan fingerprint density at radius 3 is 2.40 bits per heavy atom. The quantitative estimate of drug-likeness (QED) is 0.327. The first-order chi connectivity index (χ1) is 21.3. The second-order valence-electron chi connectivity index (χ2n) is 11.3. The van der Waals surface area contributed by atoms with Gasteiger partial charge < -0.3 is 19.5 Å². The summed E-state index contributed by atoms with van der Waals surface area (Å²) in [5.74, 6) is -0.491. The van der Waals surface area contributed by atoms with E-state index in [4.69, 9.17) is 9.47 Å². The maximum Gasteiger partial charge on any atom is 0.271 e. The van der Waals surface area contributed by atoms with Crippen molar-refractivity contribution in [3.63, 3.8) is 0 Å². The molecule has 11 nitrogen and oxygen atoms in total. The molecule has 0 aliphatic carbocycles. The van der Waals surface area contributed by atoms with Crippen LogP contribution >= 0.6 is 22.7 Å². The van der Waals surface area contributed by atoms with Crippen molar-refractivity contribution >= 4 is 54.3 Å². The highest BCUT2D eigenvalue weighted by atomic mass is 32.3. The van der Waals surface area contributed by atoms with E-state index in [1.54, 1.807) is 48.0 Å². The zero-order valence-corrected chi connectivity index (χ0v) is 29.1. The van der Waals surface area contributed by atoms with Crippen molar-refractivity contribution in [1.82, 2.24) is 9.21 Å². The summed E-state index contributed by atoms with van der Waals surface area (Å²) in [5, 5.41) is 13.5. The summed E-state index contributed by atoms with van der Waals surface area (Å²) < 4.78 is 69.0. The predicted molar refractivity (Wildman–Crippen MR) is 176 cm³/mol. The molecule has 2 aromatic heterocycles. The maximum absolute atomic E-state index is 14.3. The minimum absolute atomic E-state index is 0.0711. The third-order valence-corrected chi connectivity index (χ3v) is 13.6. The Hall–Kier alpha value is -2.53. The summed E-state index contributed by atoms with van der Waals surface area (Å²) in [4.78, 5) is 15.8. The van der Waals surface area contributed by atoms with Gasteiger partial charge in [-0.25, -0.2) is 16.8 Å². The van der Waals surface area contributed by atoms with Crippen molar-refractivity contribution in [2.24, 2.45) is 5.92 Å². The van der Waals surface area contributed by atoms with Crippen LogP contribution in [-0.4, -0.2) is 88.7 Å². The van der Waals surface area contributed by atoms with Gasteiger partial charge in [-0.05, 0) is 74.2 Å². The van der Waals surface area contributed by atoms with E-state index >= 15 is 0 Å². The number of anilines is 1. The first kappa shape index (κ1) is 35.3. The van der Waals surface area contributed by atoms with E-state index < -0.39 is 38.1 Å². The van der Waals surface area contributed by atoms with E-state index in [9.17, 15) is 26.7 Å². The van der Waals surface area contributed by atoms with Gasteiger partial charge >= 0.3 is 0 Å². The van der Waals surface area contributed by atoms with Gasteiger partial charge in [0.05, 0.1) is 30.4 Å². The largest absolute Gasteiger partial charge is 0.490 e. The molecular weight excluding hydrogens is 659 g/mol. The molecule has 0 saturated carbocycles. The number of hydrogen-bond donors (Lipinski definition) is 2. The van der Waals surface area contributed by atoms with Crippen molar-refractivity contribution in [1.29, 1.82) is 0 Å². The summed E-state index contributed by atoms with van der Waals surface area (Å²) >= 11 is 2.22. The van der Waals surface area contributed by atoms with Gasteiger partial charge in [0.1, 0.15) is 14.2 Å². The molecule has 0 spiro atoms. The molecule has 1 aliphatic rings. The second kappa shape index (κ2) is 15.4. The van der Waals surface area contributed by atoms with Gasteiger partial charge in [-0.2, -0.15) is 4.31 Å². The van der Waals surface area contributed by atoms with Crippen LogP contribution in [0.15, 0.2) is 61.6 Å². The van der Waals surface area contributed by atoms with Crippen molar-refractivity contribution in [3.05, 3.63) is 58.8 Å². The Bertz CT molecular complexity index is 1610. The van der Waals surface area contributed by atoms with Gasteiger partial charge in [0.25, 0.3) is 26.0 Å². The monoisotopic (exact) mass is 699 g/mol. The van der Waals surface area contributed by atoms with Gasteiger partial charge in [0.2, 0.25) is 0 Å². The number of benzene rings is 1. The molecule has 1 aliphatic heterocycles. The van der Waals surface area contributed by atoms with Crippen LogP contribution in [0.5, 0.6) is 5.75 Å². The number of aliphatic hydroxyl groups excluding tert-OH is 1. The van der Waals surface area contributed by atoms with Crippen molar-refractivity contribution < 1.29 is 36.2 Å². The number of carbonyl (C=O) groups excluding carboxylic acids is 1. The third-order valence-electron chi connectivity index (χ3n) is 7.66. The molecule has 0 fully saturated rings. The number of ether oxygens (including phenoxy) is 2. The molecule has 4 atom stereocenters. The molecule has 3 heterocycles. The zero-order chi connectivity index (χ0) is 32.8. The number of fused-ring (bicyclic) bond motifs is 1. The minimum Gasteiger partial charge on any atom is -0.490 e. The summed E-state index contributed by atoms with van der Waals surface area (Å²) in [5.41, 5.74) is 0.340. The van der Waals surface area contributed by atoms with E-state index in [0.717, 1.165) is 35.5 Å². The van der Waals surface area contributed by atoms with Crippen LogP contribution in [0.3, 0.4) is 0 Å². The van der Waals surface area contributed by atoms with Crippen molar-refractivity contribution in [3.8, 4) is 5.75 Å². The fourth-order valence-corrected chi connectivity index (χ4v) is 9.41. The average molecular weight is 700 g/mol. The number of nitrogens with one attached hydrogen (secondary N) is 1. The van der Waals surface area contributed by atoms with Gasteiger partial charge in [0.15, 0.2) is 0 Å². The lowest BCUT2D eigenvalue weighted by atomic mass is 10.0. The smallest absolute Gasteiger partial charge is 0.271 e. The van der Waals surface area contributed by atoms with E-state index in [0.29, 0.717) is 18.8 Å². The fraction of sp³-hybridized carbons (Fsp3) is 0.500. The molecule has 0 bridgehead atoms. The number of likely N-dealkylation sites (N-methyl/N-ethyl adjacent to an activating group) is 1. The second-order valence-corrected chi connectivity index (χ2v) is 17.3. The zero-order valence-electron chi connectivity index (χ0n) is 25.8. The number of sulfonamides is 2. The van der Waals surface area contributed by atoms with E-state index in [2.05, 4.69) is 4.72 Å². The Labute approximate surface area is 273 Å². The fourth-order valence-electron chi connectivity index (χ4n) is 4.99. The van der Waals surface area contributed by atoms with Gasteiger partial charge in [-0.1, -0.05) is 19.1 Å². The Kier molecular flexibility index (Phi) is 12.1. The molecule has 45 heavy (non-hydrogen) atoms. The molecule has 0 unspecified atom stereocenters. The molecule has 1 aromatic carbocycles. The van der Waals surface area contributed by atoms with Crippen LogP contribution in [0.2, 0.25) is 0 Å². The maximum atomic E-state index is 14.3. The van der Waals surface area contributed by atoms with Crippen LogP contribution in [0, 0.1) is 5.92 Å². The number of hydrogen-bond acceptors (Lipinski definition) is 10. The van der Waals surface area contributed by atoms with Gasteiger partial charge in [-0.15, -0.1) is 22.7 Å². The highest BCUT2D eigenvalue weighted by Crippen LogP contribution is 2.30. The third kappa shape index (κ3) is 8.84. The van der Waals surface area contributed by atoms with E-state index in [1.165, 1.54) is 28.4 Å². The molecule has 4 rings (SSSR count). The summed E-state index contributed by atoms with van der Waals surface area (Å²) in [6.07, 6.45) is 1.37. The average Bonchev–Trinajstić information content (AvgIpc) is 3.74. The normalized spacial score (nSPS) is 21.5. The van der Waals surface area contributed by atoms with Crippen LogP contribution in [0.25, 0.3) is 0 Å². The lowest BCUT2D eigenvalue weighted by Gasteiger charge is -2.35. The summed E-state index contributed by atoms with van der Waals surface area (Å²) in [6, 6.07) is 10.4.